The summed E-state index contributed by atoms with van der Waals surface area (Å²) in [4.78, 5) is 0. The van der Waals surface area contributed by atoms with Crippen LogP contribution in [0.3, 0.4) is 0 Å². The van der Waals surface area contributed by atoms with Crippen molar-refractivity contribution in [2.75, 3.05) is 19.7 Å². The number of halogens is 3. The van der Waals surface area contributed by atoms with Gasteiger partial charge in [0, 0.05) is 6.54 Å². The van der Waals surface area contributed by atoms with Crippen LogP contribution in [0.25, 0.3) is 0 Å². The highest BCUT2D eigenvalue weighted by atomic mass is 19.4. The Balaban J connectivity index is 2.54. The number of nitrogens with one attached hydrogen (secondary N) is 1. The van der Waals surface area contributed by atoms with Crippen molar-refractivity contribution in [3.63, 3.8) is 0 Å². The molecule has 2 nitrogen and oxygen atoms in total. The first kappa shape index (κ1) is 13.0. The summed E-state index contributed by atoms with van der Waals surface area (Å²) >= 11 is 0. The van der Waals surface area contributed by atoms with Gasteiger partial charge in [-0.25, -0.2) is 0 Å². The fourth-order valence-corrected chi connectivity index (χ4v) is 1.34. The first-order valence-corrected chi connectivity index (χ1v) is 5.02. The average molecular weight is 233 g/mol. The van der Waals surface area contributed by atoms with Crippen LogP contribution in [0.1, 0.15) is 11.1 Å². The van der Waals surface area contributed by atoms with Crippen molar-refractivity contribution in [2.45, 2.75) is 12.6 Å². The molecular formula is C11H14F3NO. The van der Waals surface area contributed by atoms with E-state index < -0.39 is 11.7 Å². The summed E-state index contributed by atoms with van der Waals surface area (Å²) in [5.41, 5.74) is 0.0208. The lowest BCUT2D eigenvalue weighted by Gasteiger charge is -2.08. The van der Waals surface area contributed by atoms with Gasteiger partial charge in [-0.1, -0.05) is 18.2 Å². The second-order valence-electron chi connectivity index (χ2n) is 3.42. The number of aliphatic hydroxyl groups excluding tert-OH is 1. The molecule has 0 aromatic heterocycles. The summed E-state index contributed by atoms with van der Waals surface area (Å²) in [5.74, 6) is 0. The Bertz CT molecular complexity index is 325. The molecule has 0 spiro atoms. The molecule has 0 fully saturated rings. The molecular weight excluding hydrogens is 219 g/mol. The SMILES string of the molecule is OCCNCCc1cccc(C(F)(F)F)c1. The van der Waals surface area contributed by atoms with Gasteiger partial charge in [0.2, 0.25) is 0 Å². The lowest BCUT2D eigenvalue weighted by atomic mass is 10.1. The molecule has 0 radical (unpaired) electrons. The molecule has 16 heavy (non-hydrogen) atoms. The Morgan fingerprint density at radius 2 is 1.94 bits per heavy atom. The van der Waals surface area contributed by atoms with Crippen LogP contribution < -0.4 is 5.32 Å². The highest BCUT2D eigenvalue weighted by molar-refractivity contribution is 5.25. The molecule has 0 unspecified atom stereocenters. The van der Waals surface area contributed by atoms with Gasteiger partial charge in [-0.05, 0) is 24.6 Å². The van der Waals surface area contributed by atoms with Crippen LogP contribution in [0.5, 0.6) is 0 Å². The molecule has 0 aliphatic rings. The van der Waals surface area contributed by atoms with E-state index in [0.29, 0.717) is 25.1 Å². The van der Waals surface area contributed by atoms with Crippen molar-refractivity contribution >= 4 is 0 Å². The largest absolute Gasteiger partial charge is 0.416 e. The summed E-state index contributed by atoms with van der Waals surface area (Å²) in [7, 11) is 0. The fraction of sp³-hybridized carbons (Fsp3) is 0.455. The number of hydrogen-bond acceptors (Lipinski definition) is 2. The van der Waals surface area contributed by atoms with E-state index >= 15 is 0 Å². The minimum absolute atomic E-state index is 0.0303. The normalized spacial score (nSPS) is 11.8. The lowest BCUT2D eigenvalue weighted by molar-refractivity contribution is -0.137. The van der Waals surface area contributed by atoms with Gasteiger partial charge in [-0.15, -0.1) is 0 Å². The molecule has 0 saturated carbocycles. The van der Waals surface area contributed by atoms with E-state index in [-0.39, 0.29) is 6.61 Å². The van der Waals surface area contributed by atoms with E-state index in [4.69, 9.17) is 5.11 Å². The zero-order valence-corrected chi connectivity index (χ0v) is 8.72. The molecule has 5 heteroatoms. The minimum Gasteiger partial charge on any atom is -0.395 e. The van der Waals surface area contributed by atoms with Gasteiger partial charge in [0.05, 0.1) is 12.2 Å². The molecule has 0 aliphatic heterocycles. The quantitative estimate of drug-likeness (QED) is 0.760. The molecule has 0 heterocycles. The molecule has 0 bridgehead atoms. The molecule has 0 atom stereocenters. The van der Waals surface area contributed by atoms with E-state index in [2.05, 4.69) is 5.32 Å². The van der Waals surface area contributed by atoms with E-state index in [1.165, 1.54) is 6.07 Å². The van der Waals surface area contributed by atoms with E-state index in [0.717, 1.165) is 12.1 Å². The van der Waals surface area contributed by atoms with Gasteiger partial charge in [-0.3, -0.25) is 0 Å². The fourth-order valence-electron chi connectivity index (χ4n) is 1.34. The smallest absolute Gasteiger partial charge is 0.395 e. The lowest BCUT2D eigenvalue weighted by Crippen LogP contribution is -2.21. The molecule has 1 aromatic rings. The van der Waals surface area contributed by atoms with Crippen LogP contribution in [0.15, 0.2) is 24.3 Å². The van der Waals surface area contributed by atoms with Crippen LogP contribution >= 0.6 is 0 Å². The van der Waals surface area contributed by atoms with Crippen LogP contribution in [0.4, 0.5) is 13.2 Å². The summed E-state index contributed by atoms with van der Waals surface area (Å²) in [6.45, 7) is 1.05. The second kappa shape index (κ2) is 5.86. The summed E-state index contributed by atoms with van der Waals surface area (Å²) in [6.07, 6.45) is -3.77. The summed E-state index contributed by atoms with van der Waals surface area (Å²) < 4.78 is 37.1. The Morgan fingerprint density at radius 1 is 1.19 bits per heavy atom. The topological polar surface area (TPSA) is 32.3 Å². The number of rotatable bonds is 5. The Hall–Kier alpha value is -1.07. The molecule has 0 saturated heterocycles. The maximum absolute atomic E-state index is 12.4. The zero-order valence-electron chi connectivity index (χ0n) is 8.72. The standard InChI is InChI=1S/C11H14F3NO/c12-11(13,14)10-3-1-2-9(8-10)4-5-15-6-7-16/h1-3,8,15-16H,4-7H2. The maximum atomic E-state index is 12.4. The third kappa shape index (κ3) is 4.20. The summed E-state index contributed by atoms with van der Waals surface area (Å²) in [5, 5.41) is 11.4. The predicted octanol–water partition coefficient (Wildman–Crippen LogP) is 1.83. The minimum atomic E-state index is -4.28. The van der Waals surface area contributed by atoms with E-state index in [9.17, 15) is 13.2 Å². The maximum Gasteiger partial charge on any atom is 0.416 e. The Morgan fingerprint density at radius 3 is 2.56 bits per heavy atom. The first-order chi connectivity index (χ1) is 7.54. The van der Waals surface area contributed by atoms with Gasteiger partial charge in [0.15, 0.2) is 0 Å². The number of hydrogen-bond donors (Lipinski definition) is 2. The number of alkyl halides is 3. The van der Waals surface area contributed by atoms with Crippen molar-refractivity contribution in [1.29, 1.82) is 0 Å². The van der Waals surface area contributed by atoms with Crippen molar-refractivity contribution in [3.05, 3.63) is 35.4 Å². The van der Waals surface area contributed by atoms with Crippen molar-refractivity contribution < 1.29 is 18.3 Å². The second-order valence-corrected chi connectivity index (χ2v) is 3.42. The molecule has 90 valence electrons. The summed E-state index contributed by atoms with van der Waals surface area (Å²) in [6, 6.07) is 5.28. The highest BCUT2D eigenvalue weighted by Gasteiger charge is 2.30. The molecule has 0 amide bonds. The van der Waals surface area contributed by atoms with Crippen molar-refractivity contribution in [2.24, 2.45) is 0 Å². The van der Waals surface area contributed by atoms with E-state index in [1.54, 1.807) is 6.07 Å². The average Bonchev–Trinajstić information content (AvgIpc) is 2.24. The molecule has 2 N–H and O–H groups in total. The predicted molar refractivity (Wildman–Crippen MR) is 55.1 cm³/mol. The molecule has 1 rings (SSSR count). The third-order valence-electron chi connectivity index (χ3n) is 2.13. The van der Waals surface area contributed by atoms with Gasteiger partial charge >= 0.3 is 6.18 Å². The number of aliphatic hydroxyl groups is 1. The van der Waals surface area contributed by atoms with Crippen LogP contribution in [0, 0.1) is 0 Å². The Labute approximate surface area is 92.1 Å². The van der Waals surface area contributed by atoms with E-state index in [1.807, 2.05) is 0 Å². The molecule has 1 aromatic carbocycles. The first-order valence-electron chi connectivity index (χ1n) is 5.02. The van der Waals surface area contributed by atoms with Crippen molar-refractivity contribution in [1.82, 2.24) is 5.32 Å². The number of benzene rings is 1. The molecule has 0 aliphatic carbocycles. The van der Waals surface area contributed by atoms with Gasteiger partial charge in [-0.2, -0.15) is 13.2 Å². The van der Waals surface area contributed by atoms with Crippen LogP contribution in [-0.2, 0) is 12.6 Å². The van der Waals surface area contributed by atoms with Crippen LogP contribution in [0.2, 0.25) is 0 Å². The highest BCUT2D eigenvalue weighted by Crippen LogP contribution is 2.29. The van der Waals surface area contributed by atoms with Crippen LogP contribution in [-0.4, -0.2) is 24.8 Å². The van der Waals surface area contributed by atoms with Gasteiger partial charge < -0.3 is 10.4 Å². The monoisotopic (exact) mass is 233 g/mol. The Kier molecular flexibility index (Phi) is 4.76. The zero-order chi connectivity index (χ0) is 12.0. The van der Waals surface area contributed by atoms with Gasteiger partial charge in [0.25, 0.3) is 0 Å². The third-order valence-corrected chi connectivity index (χ3v) is 2.13. The van der Waals surface area contributed by atoms with Crippen molar-refractivity contribution in [3.8, 4) is 0 Å². The van der Waals surface area contributed by atoms with Gasteiger partial charge in [0.1, 0.15) is 0 Å².